The summed E-state index contributed by atoms with van der Waals surface area (Å²) in [5, 5.41) is 0. The summed E-state index contributed by atoms with van der Waals surface area (Å²) >= 11 is 0. The minimum absolute atomic E-state index is 0.0268. The van der Waals surface area contributed by atoms with Crippen LogP contribution in [0, 0.1) is 5.82 Å². The van der Waals surface area contributed by atoms with Gasteiger partial charge in [0.2, 0.25) is 0 Å². The highest BCUT2D eigenvalue weighted by atomic mass is 32.2. The van der Waals surface area contributed by atoms with Crippen molar-refractivity contribution in [2.45, 2.75) is 13.3 Å². The minimum atomic E-state index is -3.27. The Bertz CT molecular complexity index is 669. The molecule has 2 rings (SSSR count). The SMILES string of the molecule is CCCS(=O)(=O)CCN1C(=O)C(=O)c2ccc(F)cc21. The van der Waals surface area contributed by atoms with Crippen molar-refractivity contribution in [3.63, 3.8) is 0 Å². The fourth-order valence-corrected chi connectivity index (χ4v) is 3.42. The van der Waals surface area contributed by atoms with Crippen LogP contribution in [-0.2, 0) is 14.6 Å². The molecule has 1 heterocycles. The molecular weight excluding hydrogens is 285 g/mol. The smallest absolute Gasteiger partial charge is 0.299 e. The highest BCUT2D eigenvalue weighted by Crippen LogP contribution is 2.29. The van der Waals surface area contributed by atoms with Crippen molar-refractivity contribution in [2.24, 2.45) is 0 Å². The molecule has 0 saturated carbocycles. The van der Waals surface area contributed by atoms with Gasteiger partial charge in [0.05, 0.1) is 17.0 Å². The van der Waals surface area contributed by atoms with Gasteiger partial charge in [-0.05, 0) is 24.6 Å². The minimum Gasteiger partial charge on any atom is -0.304 e. The molecular formula is C13H14FNO4S. The molecule has 1 amide bonds. The zero-order valence-corrected chi connectivity index (χ0v) is 11.7. The van der Waals surface area contributed by atoms with Crippen LogP contribution in [0.25, 0.3) is 0 Å². The van der Waals surface area contributed by atoms with Crippen LogP contribution in [0.15, 0.2) is 18.2 Å². The van der Waals surface area contributed by atoms with Crippen molar-refractivity contribution in [3.05, 3.63) is 29.6 Å². The number of halogens is 1. The van der Waals surface area contributed by atoms with Crippen molar-refractivity contribution in [1.29, 1.82) is 0 Å². The second kappa shape index (κ2) is 5.32. The number of sulfone groups is 1. The summed E-state index contributed by atoms with van der Waals surface area (Å²) in [6, 6.07) is 3.41. The number of amides is 1. The summed E-state index contributed by atoms with van der Waals surface area (Å²) in [6.45, 7) is 1.61. The Morgan fingerprint density at radius 3 is 2.55 bits per heavy atom. The van der Waals surface area contributed by atoms with Gasteiger partial charge in [0.25, 0.3) is 11.7 Å². The first-order valence-corrected chi connectivity index (χ1v) is 8.04. The Balaban J connectivity index is 2.24. The van der Waals surface area contributed by atoms with E-state index in [1.165, 1.54) is 6.07 Å². The number of hydrogen-bond donors (Lipinski definition) is 0. The molecule has 0 unspecified atom stereocenters. The molecule has 7 heteroatoms. The van der Waals surface area contributed by atoms with E-state index in [1.54, 1.807) is 6.92 Å². The fourth-order valence-electron chi connectivity index (χ4n) is 2.13. The molecule has 0 N–H and O–H groups in total. The molecule has 0 aromatic heterocycles. The van der Waals surface area contributed by atoms with Crippen LogP contribution in [0.3, 0.4) is 0 Å². The largest absolute Gasteiger partial charge is 0.304 e. The van der Waals surface area contributed by atoms with Gasteiger partial charge in [0.15, 0.2) is 9.84 Å². The van der Waals surface area contributed by atoms with E-state index in [1.807, 2.05) is 0 Å². The number of anilines is 1. The first-order chi connectivity index (χ1) is 9.35. The van der Waals surface area contributed by atoms with E-state index in [-0.39, 0.29) is 29.3 Å². The van der Waals surface area contributed by atoms with Crippen molar-refractivity contribution < 1.29 is 22.4 Å². The van der Waals surface area contributed by atoms with Gasteiger partial charge in [-0.1, -0.05) is 6.92 Å². The Kier molecular flexibility index (Phi) is 3.89. The van der Waals surface area contributed by atoms with Crippen molar-refractivity contribution in [2.75, 3.05) is 23.0 Å². The molecule has 1 aliphatic heterocycles. The monoisotopic (exact) mass is 299 g/mol. The molecule has 0 fully saturated rings. The lowest BCUT2D eigenvalue weighted by Gasteiger charge is -2.16. The van der Waals surface area contributed by atoms with Gasteiger partial charge in [0, 0.05) is 12.3 Å². The van der Waals surface area contributed by atoms with E-state index in [4.69, 9.17) is 0 Å². The first kappa shape index (κ1) is 14.6. The average Bonchev–Trinajstić information content (AvgIpc) is 2.59. The maximum atomic E-state index is 13.2. The van der Waals surface area contributed by atoms with Crippen LogP contribution < -0.4 is 4.90 Å². The van der Waals surface area contributed by atoms with Crippen LogP contribution >= 0.6 is 0 Å². The summed E-state index contributed by atoms with van der Waals surface area (Å²) in [5.41, 5.74) is 0.260. The number of fused-ring (bicyclic) bond motifs is 1. The molecule has 0 aliphatic carbocycles. The van der Waals surface area contributed by atoms with Gasteiger partial charge >= 0.3 is 0 Å². The maximum Gasteiger partial charge on any atom is 0.299 e. The molecule has 108 valence electrons. The predicted molar refractivity (Wildman–Crippen MR) is 72.0 cm³/mol. The Morgan fingerprint density at radius 1 is 1.20 bits per heavy atom. The molecule has 0 radical (unpaired) electrons. The van der Waals surface area contributed by atoms with Crippen LogP contribution in [0.1, 0.15) is 23.7 Å². The number of Topliss-reactive ketones (excluding diaryl/α,β-unsaturated/α-hetero) is 1. The van der Waals surface area contributed by atoms with Gasteiger partial charge in [0.1, 0.15) is 5.82 Å². The van der Waals surface area contributed by atoms with Gasteiger partial charge in [-0.15, -0.1) is 0 Å². The van der Waals surface area contributed by atoms with E-state index < -0.39 is 27.3 Å². The lowest BCUT2D eigenvalue weighted by molar-refractivity contribution is -0.114. The molecule has 0 spiro atoms. The topological polar surface area (TPSA) is 71.5 Å². The summed E-state index contributed by atoms with van der Waals surface area (Å²) in [4.78, 5) is 24.5. The van der Waals surface area contributed by atoms with E-state index in [2.05, 4.69) is 0 Å². The van der Waals surface area contributed by atoms with Crippen LogP contribution in [0.4, 0.5) is 10.1 Å². The predicted octanol–water partition coefficient (Wildman–Crippen LogP) is 1.18. The van der Waals surface area contributed by atoms with E-state index in [0.717, 1.165) is 17.0 Å². The molecule has 1 aromatic carbocycles. The summed E-state index contributed by atoms with van der Waals surface area (Å²) < 4.78 is 36.5. The summed E-state index contributed by atoms with van der Waals surface area (Å²) in [6.07, 6.45) is 0.487. The van der Waals surface area contributed by atoms with Crippen molar-refractivity contribution in [3.8, 4) is 0 Å². The Labute approximate surface area is 116 Å². The highest BCUT2D eigenvalue weighted by molar-refractivity contribution is 7.91. The lowest BCUT2D eigenvalue weighted by Crippen LogP contribution is -2.34. The number of benzene rings is 1. The number of hydrogen-bond acceptors (Lipinski definition) is 4. The molecule has 0 saturated heterocycles. The van der Waals surface area contributed by atoms with E-state index in [0.29, 0.717) is 6.42 Å². The number of carbonyl (C=O) groups is 2. The lowest BCUT2D eigenvalue weighted by atomic mass is 10.1. The Morgan fingerprint density at radius 2 is 1.90 bits per heavy atom. The van der Waals surface area contributed by atoms with Crippen molar-refractivity contribution in [1.82, 2.24) is 0 Å². The summed E-state index contributed by atoms with van der Waals surface area (Å²) in [7, 11) is -3.27. The third-order valence-corrected chi connectivity index (χ3v) is 4.91. The number of nitrogens with zero attached hydrogens (tertiary/aromatic N) is 1. The maximum absolute atomic E-state index is 13.2. The second-order valence-electron chi connectivity index (χ2n) is 4.60. The third-order valence-electron chi connectivity index (χ3n) is 3.08. The van der Waals surface area contributed by atoms with Gasteiger partial charge in [-0.25, -0.2) is 12.8 Å². The third kappa shape index (κ3) is 2.72. The zero-order chi connectivity index (χ0) is 14.9. The van der Waals surface area contributed by atoms with Crippen LogP contribution in [-0.4, -0.2) is 38.2 Å². The Hall–Kier alpha value is -1.76. The molecule has 5 nitrogen and oxygen atoms in total. The standard InChI is InChI=1S/C13H14FNO4S/c1-2-6-20(18,19)7-5-15-11-8-9(14)3-4-10(11)12(16)13(15)17/h3-4,8H,2,5-7H2,1H3. The van der Waals surface area contributed by atoms with Crippen molar-refractivity contribution >= 4 is 27.2 Å². The number of carbonyl (C=O) groups excluding carboxylic acids is 2. The second-order valence-corrected chi connectivity index (χ2v) is 6.90. The van der Waals surface area contributed by atoms with Gasteiger partial charge in [-0.3, -0.25) is 9.59 Å². The molecule has 20 heavy (non-hydrogen) atoms. The fraction of sp³-hybridized carbons (Fsp3) is 0.385. The van der Waals surface area contributed by atoms with Crippen LogP contribution in [0.5, 0.6) is 0 Å². The molecule has 1 aliphatic rings. The molecule has 0 bridgehead atoms. The zero-order valence-electron chi connectivity index (χ0n) is 10.9. The van der Waals surface area contributed by atoms with E-state index >= 15 is 0 Å². The highest BCUT2D eigenvalue weighted by Gasteiger charge is 2.36. The summed E-state index contributed by atoms with van der Waals surface area (Å²) in [5.74, 6) is -2.33. The first-order valence-electron chi connectivity index (χ1n) is 6.22. The van der Waals surface area contributed by atoms with Gasteiger partial charge in [-0.2, -0.15) is 0 Å². The number of rotatable bonds is 5. The normalized spacial score (nSPS) is 14.8. The van der Waals surface area contributed by atoms with Gasteiger partial charge < -0.3 is 4.90 Å². The number of ketones is 1. The van der Waals surface area contributed by atoms with E-state index in [9.17, 15) is 22.4 Å². The van der Waals surface area contributed by atoms with Crippen LogP contribution in [0.2, 0.25) is 0 Å². The average molecular weight is 299 g/mol. The molecule has 0 atom stereocenters. The molecule has 1 aromatic rings. The quantitative estimate of drug-likeness (QED) is 0.765.